The van der Waals surface area contributed by atoms with Crippen LogP contribution in [0, 0.1) is 6.92 Å². The van der Waals surface area contributed by atoms with Gasteiger partial charge in [-0.1, -0.05) is 6.07 Å². The van der Waals surface area contributed by atoms with Crippen LogP contribution in [-0.2, 0) is 0 Å². The summed E-state index contributed by atoms with van der Waals surface area (Å²) in [5, 5.41) is 0. The maximum atomic E-state index is 12.5. The van der Waals surface area contributed by atoms with Crippen molar-refractivity contribution in [1.82, 2.24) is 9.80 Å². The summed E-state index contributed by atoms with van der Waals surface area (Å²) in [7, 11) is 0. The molecule has 0 spiro atoms. The third-order valence-electron chi connectivity index (χ3n) is 4.16. The second-order valence-electron chi connectivity index (χ2n) is 5.63. The molecule has 2 fully saturated rings. The average Bonchev–Trinajstić information content (AvgIpc) is 3.25. The molecule has 118 valence electrons. The number of nitrogens with two attached hydrogens (primary N) is 1. The van der Waals surface area contributed by atoms with Gasteiger partial charge in [-0.25, -0.2) is 0 Å². The highest BCUT2D eigenvalue weighted by molar-refractivity contribution is 5.96. The Balaban J connectivity index is 0.00000110. The smallest absolute Gasteiger partial charge is 0.254 e. The molecule has 1 aromatic rings. The maximum Gasteiger partial charge on any atom is 0.254 e. The molecule has 0 atom stereocenters. The van der Waals surface area contributed by atoms with Crippen LogP contribution in [0.5, 0.6) is 0 Å². The summed E-state index contributed by atoms with van der Waals surface area (Å²) in [6.07, 6.45) is 2.67. The van der Waals surface area contributed by atoms with E-state index in [0.29, 0.717) is 5.69 Å². The fourth-order valence-corrected chi connectivity index (χ4v) is 2.77. The Hall–Kier alpha value is -0.970. The number of carbonyl (C=O) groups excluding carboxylic acids is 1. The first-order valence-electron chi connectivity index (χ1n) is 7.04. The number of aryl methyl sites for hydroxylation is 1. The number of amides is 1. The predicted molar refractivity (Wildman–Crippen MR) is 90.6 cm³/mol. The Morgan fingerprint density at radius 1 is 1.14 bits per heavy atom. The van der Waals surface area contributed by atoms with E-state index in [4.69, 9.17) is 5.73 Å². The Kier molecular flexibility index (Phi) is 6.32. The molecule has 1 saturated carbocycles. The van der Waals surface area contributed by atoms with E-state index in [1.165, 1.54) is 12.8 Å². The molecule has 1 saturated heterocycles. The Morgan fingerprint density at radius 2 is 1.76 bits per heavy atom. The average molecular weight is 332 g/mol. The van der Waals surface area contributed by atoms with Crippen molar-refractivity contribution in [2.24, 2.45) is 0 Å². The van der Waals surface area contributed by atoms with Crippen LogP contribution in [0.4, 0.5) is 5.69 Å². The molecular weight excluding hydrogens is 309 g/mol. The van der Waals surface area contributed by atoms with Crippen LogP contribution >= 0.6 is 24.8 Å². The van der Waals surface area contributed by atoms with E-state index >= 15 is 0 Å². The van der Waals surface area contributed by atoms with E-state index < -0.39 is 0 Å². The fraction of sp³-hybridized carbons (Fsp3) is 0.533. The SMILES string of the molecule is Cc1ccc(N)cc1C(=O)N1CCN(C2CC2)CC1.Cl.Cl. The van der Waals surface area contributed by atoms with Crippen LogP contribution in [0.25, 0.3) is 0 Å². The number of nitrogens with zero attached hydrogens (tertiary/aromatic N) is 2. The first-order chi connectivity index (χ1) is 9.15. The Labute approximate surface area is 138 Å². The van der Waals surface area contributed by atoms with Crippen molar-refractivity contribution in [3.8, 4) is 0 Å². The van der Waals surface area contributed by atoms with Crippen LogP contribution < -0.4 is 5.73 Å². The lowest BCUT2D eigenvalue weighted by Gasteiger charge is -2.35. The van der Waals surface area contributed by atoms with Gasteiger partial charge in [0, 0.05) is 43.5 Å². The van der Waals surface area contributed by atoms with Crippen molar-refractivity contribution in [3.63, 3.8) is 0 Å². The minimum atomic E-state index is 0. The monoisotopic (exact) mass is 331 g/mol. The van der Waals surface area contributed by atoms with Crippen LogP contribution in [0.2, 0.25) is 0 Å². The van der Waals surface area contributed by atoms with E-state index in [2.05, 4.69) is 4.90 Å². The number of hydrogen-bond donors (Lipinski definition) is 1. The summed E-state index contributed by atoms with van der Waals surface area (Å²) >= 11 is 0. The second-order valence-corrected chi connectivity index (χ2v) is 5.63. The topological polar surface area (TPSA) is 49.6 Å². The first kappa shape index (κ1) is 18.1. The van der Waals surface area contributed by atoms with Gasteiger partial charge >= 0.3 is 0 Å². The highest BCUT2D eigenvalue weighted by atomic mass is 35.5. The lowest BCUT2D eigenvalue weighted by molar-refractivity contribution is 0.0626. The highest BCUT2D eigenvalue weighted by Crippen LogP contribution is 2.27. The zero-order valence-electron chi connectivity index (χ0n) is 12.2. The summed E-state index contributed by atoms with van der Waals surface area (Å²) < 4.78 is 0. The number of benzene rings is 1. The van der Waals surface area contributed by atoms with Gasteiger partial charge in [-0.2, -0.15) is 0 Å². The molecule has 1 heterocycles. The quantitative estimate of drug-likeness (QED) is 0.846. The van der Waals surface area contributed by atoms with Gasteiger partial charge in [0.1, 0.15) is 0 Å². The molecule has 1 amide bonds. The molecule has 0 radical (unpaired) electrons. The normalized spacial score (nSPS) is 18.6. The summed E-state index contributed by atoms with van der Waals surface area (Å²) in [5.74, 6) is 0.125. The highest BCUT2D eigenvalue weighted by Gasteiger charge is 2.32. The van der Waals surface area contributed by atoms with Crippen LogP contribution in [0.1, 0.15) is 28.8 Å². The van der Waals surface area contributed by atoms with Gasteiger partial charge in [-0.05, 0) is 37.5 Å². The Morgan fingerprint density at radius 3 is 2.33 bits per heavy atom. The molecule has 4 nitrogen and oxygen atoms in total. The van der Waals surface area contributed by atoms with E-state index in [9.17, 15) is 4.79 Å². The molecule has 1 aromatic carbocycles. The first-order valence-corrected chi connectivity index (χ1v) is 7.04. The van der Waals surface area contributed by atoms with E-state index in [0.717, 1.165) is 43.3 Å². The zero-order valence-corrected chi connectivity index (χ0v) is 13.9. The number of nitrogen functional groups attached to an aromatic ring is 1. The lowest BCUT2D eigenvalue weighted by atomic mass is 10.1. The van der Waals surface area contributed by atoms with Crippen molar-refractivity contribution in [3.05, 3.63) is 29.3 Å². The number of anilines is 1. The van der Waals surface area contributed by atoms with Crippen LogP contribution in [-0.4, -0.2) is 47.9 Å². The van der Waals surface area contributed by atoms with Crippen LogP contribution in [0.15, 0.2) is 18.2 Å². The molecule has 2 aliphatic rings. The van der Waals surface area contributed by atoms with Crippen molar-refractivity contribution >= 4 is 36.4 Å². The van der Waals surface area contributed by atoms with Crippen LogP contribution in [0.3, 0.4) is 0 Å². The molecule has 0 bridgehead atoms. The number of rotatable bonds is 2. The minimum Gasteiger partial charge on any atom is -0.399 e. The molecule has 1 aliphatic carbocycles. The van der Waals surface area contributed by atoms with Crippen molar-refractivity contribution in [2.75, 3.05) is 31.9 Å². The summed E-state index contributed by atoms with van der Waals surface area (Å²) in [5.41, 5.74) is 8.20. The summed E-state index contributed by atoms with van der Waals surface area (Å²) in [4.78, 5) is 17.0. The molecular formula is C15H23Cl2N3O. The minimum absolute atomic E-state index is 0. The van der Waals surface area contributed by atoms with E-state index in [-0.39, 0.29) is 30.7 Å². The summed E-state index contributed by atoms with van der Waals surface area (Å²) in [6.45, 7) is 5.66. The van der Waals surface area contributed by atoms with Gasteiger partial charge in [0.2, 0.25) is 0 Å². The van der Waals surface area contributed by atoms with Crippen molar-refractivity contribution < 1.29 is 4.79 Å². The zero-order chi connectivity index (χ0) is 13.4. The molecule has 1 aliphatic heterocycles. The number of halogens is 2. The second kappa shape index (κ2) is 7.34. The number of piperazine rings is 1. The van der Waals surface area contributed by atoms with Gasteiger partial charge in [-0.3, -0.25) is 9.69 Å². The van der Waals surface area contributed by atoms with Gasteiger partial charge in [0.15, 0.2) is 0 Å². The van der Waals surface area contributed by atoms with Gasteiger partial charge < -0.3 is 10.6 Å². The third-order valence-corrected chi connectivity index (χ3v) is 4.16. The van der Waals surface area contributed by atoms with E-state index in [1.54, 1.807) is 6.07 Å². The van der Waals surface area contributed by atoms with Crippen molar-refractivity contribution in [2.45, 2.75) is 25.8 Å². The van der Waals surface area contributed by atoms with E-state index in [1.807, 2.05) is 24.0 Å². The van der Waals surface area contributed by atoms with Gasteiger partial charge in [0.25, 0.3) is 5.91 Å². The van der Waals surface area contributed by atoms with Gasteiger partial charge in [-0.15, -0.1) is 24.8 Å². The molecule has 21 heavy (non-hydrogen) atoms. The third kappa shape index (κ3) is 4.02. The molecule has 0 unspecified atom stereocenters. The standard InChI is InChI=1S/C15H21N3O.2ClH/c1-11-2-3-12(16)10-14(11)15(19)18-8-6-17(7-9-18)13-4-5-13;;/h2-3,10,13H,4-9,16H2,1H3;2*1H. The maximum absolute atomic E-state index is 12.5. The Bertz CT molecular complexity index is 498. The number of hydrogen-bond acceptors (Lipinski definition) is 3. The molecule has 3 rings (SSSR count). The number of carbonyl (C=O) groups is 1. The fourth-order valence-electron chi connectivity index (χ4n) is 2.77. The van der Waals surface area contributed by atoms with Gasteiger partial charge in [0.05, 0.1) is 0 Å². The molecule has 0 aromatic heterocycles. The molecule has 2 N–H and O–H groups in total. The predicted octanol–water partition coefficient (Wildman–Crippen LogP) is 2.34. The largest absolute Gasteiger partial charge is 0.399 e. The summed E-state index contributed by atoms with van der Waals surface area (Å²) in [6, 6.07) is 6.36. The van der Waals surface area contributed by atoms with Crippen molar-refractivity contribution in [1.29, 1.82) is 0 Å². The molecule has 6 heteroatoms. The lowest BCUT2D eigenvalue weighted by Crippen LogP contribution is -2.49.